The van der Waals surface area contributed by atoms with E-state index >= 15 is 0 Å². The van der Waals surface area contributed by atoms with Crippen molar-refractivity contribution in [1.29, 1.82) is 0 Å². The van der Waals surface area contributed by atoms with Crippen molar-refractivity contribution in [2.45, 2.75) is 26.2 Å². The first-order valence-electron chi connectivity index (χ1n) is 8.18. The number of aromatic nitrogens is 4. The van der Waals surface area contributed by atoms with E-state index in [2.05, 4.69) is 70.8 Å². The molecule has 0 saturated heterocycles. The van der Waals surface area contributed by atoms with Gasteiger partial charge in [0.15, 0.2) is 5.82 Å². The van der Waals surface area contributed by atoms with E-state index in [-0.39, 0.29) is 12.4 Å². The summed E-state index contributed by atoms with van der Waals surface area (Å²) in [5, 5.41) is 14.2. The standard InChI is InChI=1S/C19H18N4S.ClH/c1-2-6-17-20-21-19-23(17)22-18(24-19)13-14-9-11-16(12-10-14)15-7-4-3-5-8-15;/h3-5,7-12H,2,6,13H2,1H3;1H. The molecule has 25 heavy (non-hydrogen) atoms. The Morgan fingerprint density at radius 2 is 1.64 bits per heavy atom. The van der Waals surface area contributed by atoms with Gasteiger partial charge in [0.1, 0.15) is 5.01 Å². The lowest BCUT2D eigenvalue weighted by Crippen LogP contribution is -1.96. The Morgan fingerprint density at radius 1 is 0.920 bits per heavy atom. The van der Waals surface area contributed by atoms with E-state index in [0.29, 0.717) is 0 Å². The zero-order valence-electron chi connectivity index (χ0n) is 13.9. The maximum atomic E-state index is 4.68. The first-order chi connectivity index (χ1) is 11.8. The third kappa shape index (κ3) is 3.72. The first kappa shape index (κ1) is 17.6. The molecule has 0 radical (unpaired) electrons. The third-order valence-corrected chi connectivity index (χ3v) is 4.89. The van der Waals surface area contributed by atoms with Gasteiger partial charge in [-0.1, -0.05) is 72.9 Å². The van der Waals surface area contributed by atoms with Crippen LogP contribution in [0.2, 0.25) is 0 Å². The highest BCUT2D eigenvalue weighted by Gasteiger charge is 2.11. The highest BCUT2D eigenvalue weighted by Crippen LogP contribution is 2.22. The smallest absolute Gasteiger partial charge is 0.187 e. The van der Waals surface area contributed by atoms with E-state index in [4.69, 9.17) is 0 Å². The lowest BCUT2D eigenvalue weighted by atomic mass is 10.0. The Kier molecular flexibility index (Phi) is 5.46. The molecule has 2 heterocycles. The predicted octanol–water partition coefficient (Wildman–Crippen LogP) is 4.82. The monoisotopic (exact) mass is 370 g/mol. The Hall–Kier alpha value is -2.24. The van der Waals surface area contributed by atoms with Gasteiger partial charge in [0, 0.05) is 12.8 Å². The molecule has 0 aliphatic carbocycles. The first-order valence-corrected chi connectivity index (χ1v) is 8.99. The number of benzene rings is 2. The molecule has 128 valence electrons. The quantitative estimate of drug-likeness (QED) is 0.506. The molecule has 4 nitrogen and oxygen atoms in total. The van der Waals surface area contributed by atoms with Gasteiger partial charge in [0.2, 0.25) is 4.96 Å². The van der Waals surface area contributed by atoms with Crippen molar-refractivity contribution >= 4 is 28.7 Å². The molecule has 0 N–H and O–H groups in total. The third-order valence-electron chi connectivity index (χ3n) is 3.99. The van der Waals surface area contributed by atoms with Crippen molar-refractivity contribution in [3.05, 3.63) is 71.0 Å². The summed E-state index contributed by atoms with van der Waals surface area (Å²) in [4.78, 5) is 0.884. The summed E-state index contributed by atoms with van der Waals surface area (Å²) in [5.74, 6) is 0.953. The number of halogens is 1. The summed E-state index contributed by atoms with van der Waals surface area (Å²) in [6.45, 7) is 2.14. The van der Waals surface area contributed by atoms with Crippen molar-refractivity contribution in [2.24, 2.45) is 0 Å². The van der Waals surface area contributed by atoms with Crippen molar-refractivity contribution in [1.82, 2.24) is 19.8 Å². The van der Waals surface area contributed by atoms with Crippen molar-refractivity contribution < 1.29 is 0 Å². The largest absolute Gasteiger partial charge is 0.234 e. The van der Waals surface area contributed by atoms with Crippen LogP contribution in [0.4, 0.5) is 0 Å². The average Bonchev–Trinajstić information content (AvgIpc) is 3.18. The summed E-state index contributed by atoms with van der Waals surface area (Å²) in [7, 11) is 0. The minimum absolute atomic E-state index is 0. The molecule has 0 aliphatic rings. The lowest BCUT2D eigenvalue weighted by Gasteiger charge is -2.03. The van der Waals surface area contributed by atoms with Gasteiger partial charge in [-0.05, 0) is 23.1 Å². The Balaban J connectivity index is 0.00000182. The number of aryl methyl sites for hydroxylation is 1. The van der Waals surface area contributed by atoms with E-state index in [0.717, 1.165) is 35.1 Å². The fraction of sp³-hybridized carbons (Fsp3) is 0.211. The SMILES string of the molecule is CCCc1nnc2sc(Cc3ccc(-c4ccccc4)cc3)nn12.Cl. The molecule has 0 spiro atoms. The molecule has 0 aliphatic heterocycles. The molecule has 0 atom stereocenters. The maximum Gasteiger partial charge on any atom is 0.234 e. The zero-order chi connectivity index (χ0) is 16.4. The summed E-state index contributed by atoms with van der Waals surface area (Å²) in [5.41, 5.74) is 3.74. The van der Waals surface area contributed by atoms with Gasteiger partial charge in [-0.25, -0.2) is 0 Å². The second-order valence-electron chi connectivity index (χ2n) is 5.80. The van der Waals surface area contributed by atoms with Gasteiger partial charge in [0.05, 0.1) is 0 Å². The number of rotatable bonds is 5. The second kappa shape index (κ2) is 7.76. The van der Waals surface area contributed by atoms with Crippen LogP contribution in [0.25, 0.3) is 16.1 Å². The topological polar surface area (TPSA) is 43.1 Å². The molecule has 0 unspecified atom stereocenters. The lowest BCUT2D eigenvalue weighted by molar-refractivity contribution is 0.767. The molecule has 0 saturated carbocycles. The van der Waals surface area contributed by atoms with E-state index in [1.165, 1.54) is 16.7 Å². The van der Waals surface area contributed by atoms with Gasteiger partial charge in [-0.2, -0.15) is 9.61 Å². The van der Waals surface area contributed by atoms with E-state index in [1.54, 1.807) is 11.3 Å². The van der Waals surface area contributed by atoms with Crippen LogP contribution in [0.15, 0.2) is 54.6 Å². The van der Waals surface area contributed by atoms with Crippen molar-refractivity contribution in [3.8, 4) is 11.1 Å². The highest BCUT2D eigenvalue weighted by molar-refractivity contribution is 7.16. The molecule has 0 amide bonds. The summed E-state index contributed by atoms with van der Waals surface area (Å²) in [6, 6.07) is 19.1. The fourth-order valence-corrected chi connectivity index (χ4v) is 3.65. The van der Waals surface area contributed by atoms with Gasteiger partial charge < -0.3 is 0 Å². The van der Waals surface area contributed by atoms with Gasteiger partial charge in [-0.15, -0.1) is 22.6 Å². The maximum absolute atomic E-state index is 4.68. The number of nitrogens with zero attached hydrogens (tertiary/aromatic N) is 4. The molecular formula is C19H19ClN4S. The molecule has 4 aromatic rings. The normalized spacial score (nSPS) is 10.8. The molecular weight excluding hydrogens is 352 g/mol. The Bertz CT molecular complexity index is 945. The van der Waals surface area contributed by atoms with Crippen LogP contribution in [0.1, 0.15) is 29.7 Å². The molecule has 6 heteroatoms. The average molecular weight is 371 g/mol. The van der Waals surface area contributed by atoms with Gasteiger partial charge in [0.25, 0.3) is 0 Å². The van der Waals surface area contributed by atoms with Crippen LogP contribution >= 0.6 is 23.7 Å². The molecule has 4 rings (SSSR count). The summed E-state index contributed by atoms with van der Waals surface area (Å²) >= 11 is 1.62. The van der Waals surface area contributed by atoms with Gasteiger partial charge in [-0.3, -0.25) is 0 Å². The molecule has 2 aromatic heterocycles. The van der Waals surface area contributed by atoms with Crippen LogP contribution in [-0.4, -0.2) is 19.8 Å². The van der Waals surface area contributed by atoms with E-state index in [1.807, 2.05) is 10.6 Å². The zero-order valence-corrected chi connectivity index (χ0v) is 15.6. The number of hydrogen-bond donors (Lipinski definition) is 0. The van der Waals surface area contributed by atoms with Crippen LogP contribution in [0.3, 0.4) is 0 Å². The Labute approximate surface area is 157 Å². The number of hydrogen-bond acceptors (Lipinski definition) is 4. The second-order valence-corrected chi connectivity index (χ2v) is 6.84. The predicted molar refractivity (Wildman–Crippen MR) is 105 cm³/mol. The minimum atomic E-state index is 0. The van der Waals surface area contributed by atoms with Crippen LogP contribution in [-0.2, 0) is 12.8 Å². The highest BCUT2D eigenvalue weighted by atomic mass is 35.5. The van der Waals surface area contributed by atoms with E-state index < -0.39 is 0 Å². The molecule has 0 fully saturated rings. The summed E-state index contributed by atoms with van der Waals surface area (Å²) < 4.78 is 1.89. The van der Waals surface area contributed by atoms with E-state index in [9.17, 15) is 0 Å². The molecule has 2 aromatic carbocycles. The minimum Gasteiger partial charge on any atom is -0.187 e. The van der Waals surface area contributed by atoms with Crippen LogP contribution in [0.5, 0.6) is 0 Å². The van der Waals surface area contributed by atoms with Crippen LogP contribution < -0.4 is 0 Å². The molecule has 0 bridgehead atoms. The van der Waals surface area contributed by atoms with Gasteiger partial charge >= 0.3 is 0 Å². The number of fused-ring (bicyclic) bond motifs is 1. The van der Waals surface area contributed by atoms with Crippen molar-refractivity contribution in [2.75, 3.05) is 0 Å². The van der Waals surface area contributed by atoms with Crippen LogP contribution in [0, 0.1) is 0 Å². The summed E-state index contributed by atoms with van der Waals surface area (Å²) in [6.07, 6.45) is 2.79. The fourth-order valence-electron chi connectivity index (χ4n) is 2.77. The Morgan fingerprint density at radius 3 is 2.36 bits per heavy atom. The van der Waals surface area contributed by atoms with Crippen molar-refractivity contribution in [3.63, 3.8) is 0 Å².